The van der Waals surface area contributed by atoms with Crippen molar-refractivity contribution in [1.29, 1.82) is 0 Å². The Kier molecular flexibility index (Phi) is 2.22. The van der Waals surface area contributed by atoms with Crippen molar-refractivity contribution in [2.45, 2.75) is 13.3 Å². The summed E-state index contributed by atoms with van der Waals surface area (Å²) in [6.45, 7) is 1.92. The van der Waals surface area contributed by atoms with E-state index >= 15 is 0 Å². The summed E-state index contributed by atoms with van der Waals surface area (Å²) in [5.74, 6) is 0.324. The molecule has 0 saturated carbocycles. The van der Waals surface area contributed by atoms with E-state index in [0.717, 1.165) is 0 Å². The molecule has 0 radical (unpaired) electrons. The van der Waals surface area contributed by atoms with E-state index in [1.807, 2.05) is 6.92 Å². The van der Waals surface area contributed by atoms with Crippen LogP contribution in [0.1, 0.15) is 12.7 Å². The topological polar surface area (TPSA) is 43.6 Å². The molecular weight excluding hydrogens is 183 g/mol. The number of tetrazole rings is 1. The largest absolute Gasteiger partial charge is 0.205 e. The van der Waals surface area contributed by atoms with Crippen LogP contribution in [0.2, 0.25) is 0 Å². The van der Waals surface area contributed by atoms with Gasteiger partial charge in [-0.2, -0.15) is 4.68 Å². The fourth-order valence-electron chi connectivity index (χ4n) is 1.24. The number of halogens is 1. The zero-order valence-corrected chi connectivity index (χ0v) is 7.68. The van der Waals surface area contributed by atoms with Crippen LogP contribution < -0.4 is 0 Å². The van der Waals surface area contributed by atoms with Gasteiger partial charge in [0.05, 0.1) is 0 Å². The van der Waals surface area contributed by atoms with Gasteiger partial charge in [-0.25, -0.2) is 4.39 Å². The zero-order valence-electron chi connectivity index (χ0n) is 7.68. The van der Waals surface area contributed by atoms with Crippen LogP contribution in [0, 0.1) is 5.82 Å². The second-order valence-corrected chi connectivity index (χ2v) is 2.81. The van der Waals surface area contributed by atoms with Gasteiger partial charge in [0.15, 0.2) is 5.82 Å². The van der Waals surface area contributed by atoms with Gasteiger partial charge < -0.3 is 0 Å². The summed E-state index contributed by atoms with van der Waals surface area (Å²) in [6.07, 6.45) is 0.668. The quantitative estimate of drug-likeness (QED) is 0.721. The number of hydrogen-bond donors (Lipinski definition) is 0. The Hall–Kier alpha value is -1.78. The van der Waals surface area contributed by atoms with Crippen molar-refractivity contribution >= 4 is 0 Å². The van der Waals surface area contributed by atoms with Crippen molar-refractivity contribution in [3.8, 4) is 5.69 Å². The van der Waals surface area contributed by atoms with Crippen LogP contribution in [-0.4, -0.2) is 20.2 Å². The molecule has 72 valence electrons. The van der Waals surface area contributed by atoms with Crippen molar-refractivity contribution in [2.75, 3.05) is 0 Å². The summed E-state index contributed by atoms with van der Waals surface area (Å²) in [7, 11) is 0. The molecule has 2 rings (SSSR count). The van der Waals surface area contributed by atoms with E-state index in [4.69, 9.17) is 0 Å². The number of hydrogen-bond acceptors (Lipinski definition) is 3. The molecule has 0 atom stereocenters. The van der Waals surface area contributed by atoms with E-state index in [0.29, 0.717) is 17.9 Å². The van der Waals surface area contributed by atoms with Gasteiger partial charge >= 0.3 is 0 Å². The van der Waals surface area contributed by atoms with Gasteiger partial charge in [-0.3, -0.25) is 0 Å². The Balaban J connectivity index is 2.54. The molecular formula is C9H9FN4. The van der Waals surface area contributed by atoms with E-state index < -0.39 is 0 Å². The summed E-state index contributed by atoms with van der Waals surface area (Å²) in [6, 6.07) is 6.41. The Morgan fingerprint density at radius 2 is 2.14 bits per heavy atom. The van der Waals surface area contributed by atoms with E-state index in [1.165, 1.54) is 10.7 Å². The Bertz CT molecular complexity index is 438. The molecule has 0 N–H and O–H groups in total. The van der Waals surface area contributed by atoms with Crippen molar-refractivity contribution in [1.82, 2.24) is 20.2 Å². The number of para-hydroxylation sites is 1. The minimum atomic E-state index is -0.325. The normalized spacial score (nSPS) is 10.4. The lowest BCUT2D eigenvalue weighted by Gasteiger charge is -2.02. The van der Waals surface area contributed by atoms with Crippen molar-refractivity contribution < 1.29 is 4.39 Å². The van der Waals surface area contributed by atoms with Gasteiger partial charge in [0.2, 0.25) is 0 Å². The van der Waals surface area contributed by atoms with Crippen molar-refractivity contribution in [3.05, 3.63) is 35.9 Å². The molecule has 1 aromatic heterocycles. The van der Waals surface area contributed by atoms with Crippen molar-refractivity contribution in [3.63, 3.8) is 0 Å². The molecule has 4 nitrogen and oxygen atoms in total. The lowest BCUT2D eigenvalue weighted by atomic mass is 10.3. The predicted molar refractivity (Wildman–Crippen MR) is 48.5 cm³/mol. The second-order valence-electron chi connectivity index (χ2n) is 2.81. The molecule has 0 bridgehead atoms. The predicted octanol–water partition coefficient (Wildman–Crippen LogP) is 1.36. The van der Waals surface area contributed by atoms with Gasteiger partial charge in [0, 0.05) is 6.42 Å². The standard InChI is InChI=1S/C9H9FN4/c1-2-9-11-12-13-14(9)8-6-4-3-5-7(8)10/h3-6H,2H2,1H3. The number of rotatable bonds is 2. The van der Waals surface area contributed by atoms with E-state index in [2.05, 4.69) is 15.5 Å². The summed E-state index contributed by atoms with van der Waals surface area (Å²) < 4.78 is 14.8. The third kappa shape index (κ3) is 1.37. The highest BCUT2D eigenvalue weighted by atomic mass is 19.1. The molecule has 1 aromatic carbocycles. The van der Waals surface area contributed by atoms with E-state index in [9.17, 15) is 4.39 Å². The van der Waals surface area contributed by atoms with Crippen LogP contribution in [0.3, 0.4) is 0 Å². The SMILES string of the molecule is CCc1nnnn1-c1ccccc1F. The summed E-state index contributed by atoms with van der Waals surface area (Å²) in [4.78, 5) is 0. The third-order valence-electron chi connectivity index (χ3n) is 1.93. The molecule has 1 heterocycles. The first-order chi connectivity index (χ1) is 6.83. The molecule has 0 fully saturated rings. The maximum atomic E-state index is 13.4. The second kappa shape index (κ2) is 3.53. The molecule has 0 saturated heterocycles. The fourth-order valence-corrected chi connectivity index (χ4v) is 1.24. The molecule has 0 amide bonds. The molecule has 0 aliphatic rings. The van der Waals surface area contributed by atoms with Gasteiger partial charge in [-0.15, -0.1) is 5.10 Å². The minimum absolute atomic E-state index is 0.325. The highest BCUT2D eigenvalue weighted by Crippen LogP contribution is 2.12. The third-order valence-corrected chi connectivity index (χ3v) is 1.93. The average Bonchev–Trinajstić information content (AvgIpc) is 2.66. The van der Waals surface area contributed by atoms with Gasteiger partial charge in [0.25, 0.3) is 0 Å². The summed E-state index contributed by atoms with van der Waals surface area (Å²) in [5.41, 5.74) is 0.384. The Morgan fingerprint density at radius 1 is 1.36 bits per heavy atom. The molecule has 0 aliphatic heterocycles. The van der Waals surface area contributed by atoms with Crippen LogP contribution in [0.15, 0.2) is 24.3 Å². The fraction of sp³-hybridized carbons (Fsp3) is 0.222. The maximum absolute atomic E-state index is 13.4. The van der Waals surface area contributed by atoms with Crippen molar-refractivity contribution in [2.24, 2.45) is 0 Å². The van der Waals surface area contributed by atoms with Crippen LogP contribution in [0.4, 0.5) is 4.39 Å². The lowest BCUT2D eigenvalue weighted by molar-refractivity contribution is 0.603. The number of benzene rings is 1. The summed E-state index contributed by atoms with van der Waals surface area (Å²) in [5, 5.41) is 11.0. The van der Waals surface area contributed by atoms with Gasteiger partial charge in [-0.05, 0) is 22.6 Å². The van der Waals surface area contributed by atoms with E-state index in [1.54, 1.807) is 18.2 Å². The molecule has 0 aliphatic carbocycles. The zero-order chi connectivity index (χ0) is 9.97. The van der Waals surface area contributed by atoms with Gasteiger partial charge in [-0.1, -0.05) is 19.1 Å². The molecule has 0 spiro atoms. The molecule has 14 heavy (non-hydrogen) atoms. The monoisotopic (exact) mass is 192 g/mol. The minimum Gasteiger partial charge on any atom is -0.205 e. The first-order valence-electron chi connectivity index (χ1n) is 4.35. The molecule has 2 aromatic rings. The van der Waals surface area contributed by atoms with E-state index in [-0.39, 0.29) is 5.82 Å². The van der Waals surface area contributed by atoms with Crippen LogP contribution in [0.5, 0.6) is 0 Å². The molecule has 5 heteroatoms. The van der Waals surface area contributed by atoms with Crippen LogP contribution in [-0.2, 0) is 6.42 Å². The molecule has 0 unspecified atom stereocenters. The van der Waals surface area contributed by atoms with Gasteiger partial charge in [0.1, 0.15) is 11.5 Å². The number of nitrogens with zero attached hydrogens (tertiary/aromatic N) is 4. The highest BCUT2D eigenvalue weighted by molar-refractivity contribution is 5.32. The van der Waals surface area contributed by atoms with Crippen LogP contribution >= 0.6 is 0 Å². The number of aryl methyl sites for hydroxylation is 1. The number of aromatic nitrogens is 4. The smallest absolute Gasteiger partial charge is 0.156 e. The Morgan fingerprint density at radius 3 is 2.86 bits per heavy atom. The first kappa shape index (κ1) is 8.80. The van der Waals surface area contributed by atoms with Crippen LogP contribution in [0.25, 0.3) is 5.69 Å². The highest BCUT2D eigenvalue weighted by Gasteiger charge is 2.09. The first-order valence-corrected chi connectivity index (χ1v) is 4.35. The lowest BCUT2D eigenvalue weighted by Crippen LogP contribution is -2.04. The Labute approximate surface area is 80.4 Å². The summed E-state index contributed by atoms with van der Waals surface area (Å²) >= 11 is 0. The maximum Gasteiger partial charge on any atom is 0.156 e. The average molecular weight is 192 g/mol.